The van der Waals surface area contributed by atoms with Gasteiger partial charge in [-0.05, 0) is 43.4 Å². The minimum absolute atomic E-state index is 0.102. The van der Waals surface area contributed by atoms with E-state index in [2.05, 4.69) is 48.5 Å². The van der Waals surface area contributed by atoms with Crippen molar-refractivity contribution in [3.05, 3.63) is 0 Å². The molecule has 0 saturated carbocycles. The van der Waals surface area contributed by atoms with E-state index in [0.717, 1.165) is 108 Å². The Morgan fingerprint density at radius 2 is 0.586 bits per heavy atom. The van der Waals surface area contributed by atoms with Gasteiger partial charge in [-0.3, -0.25) is 37.3 Å². The molecule has 0 rings (SSSR count). The standard InChI is InChI=1S/C68H132O17P2/c1-8-10-11-12-13-14-15-16-19-22-27-35-42-49-65(70)78-55-63(84-67(72)51-44-37-28-23-20-17-18-21-25-32-39-46-59(3)4)57-82-86(74,75)80-53-62(69)54-81-87(76,77)83-58-64(85-68(73)52-45-38-29-24-26-33-40-47-60(5)6)56-79-66(71)50-43-36-31-30-34-41-48-61(7)9-2/h59-64,69H,8-58H2,1-7H3,(H,74,75)(H,76,77)/t61?,62-,63-,64-/m1/s1. The molecule has 0 spiro atoms. The minimum Gasteiger partial charge on any atom is -0.462 e. The lowest BCUT2D eigenvalue weighted by Gasteiger charge is -2.21. The third kappa shape index (κ3) is 61.3. The Bertz CT molecular complexity index is 1720. The van der Waals surface area contributed by atoms with Crippen molar-refractivity contribution < 1.29 is 80.2 Å². The molecule has 17 nitrogen and oxygen atoms in total. The number of aliphatic hydroxyl groups excluding tert-OH is 1. The number of phosphoric ester groups is 2. The van der Waals surface area contributed by atoms with Crippen molar-refractivity contribution in [1.29, 1.82) is 0 Å². The summed E-state index contributed by atoms with van der Waals surface area (Å²) in [5.74, 6) is 0.0605. The van der Waals surface area contributed by atoms with E-state index in [1.54, 1.807) is 0 Å². The van der Waals surface area contributed by atoms with Crippen molar-refractivity contribution in [2.24, 2.45) is 17.8 Å². The van der Waals surface area contributed by atoms with E-state index < -0.39 is 97.5 Å². The van der Waals surface area contributed by atoms with Crippen molar-refractivity contribution in [3.8, 4) is 0 Å². The van der Waals surface area contributed by atoms with Gasteiger partial charge >= 0.3 is 39.5 Å². The molecule has 6 atom stereocenters. The highest BCUT2D eigenvalue weighted by atomic mass is 31.2. The summed E-state index contributed by atoms with van der Waals surface area (Å²) < 4.78 is 68.2. The molecular weight excluding hydrogens is 1150 g/mol. The number of hydrogen-bond donors (Lipinski definition) is 3. The van der Waals surface area contributed by atoms with Crippen LogP contribution >= 0.6 is 15.6 Å². The van der Waals surface area contributed by atoms with Crippen LogP contribution in [0, 0.1) is 17.8 Å². The summed E-state index contributed by atoms with van der Waals surface area (Å²) >= 11 is 0. The van der Waals surface area contributed by atoms with Gasteiger partial charge in [-0.2, -0.15) is 0 Å². The molecule has 19 heteroatoms. The summed E-state index contributed by atoms with van der Waals surface area (Å²) in [5, 5.41) is 10.6. The molecule has 0 radical (unpaired) electrons. The molecule has 0 aliphatic rings. The summed E-state index contributed by atoms with van der Waals surface area (Å²) in [6, 6.07) is 0. The molecule has 0 aromatic heterocycles. The zero-order chi connectivity index (χ0) is 64.5. The number of carbonyl (C=O) groups excluding carboxylic acids is 4. The maximum absolute atomic E-state index is 13.0. The first-order chi connectivity index (χ1) is 41.8. The van der Waals surface area contributed by atoms with Gasteiger partial charge in [0.15, 0.2) is 12.2 Å². The second kappa shape index (κ2) is 59.1. The van der Waals surface area contributed by atoms with Crippen molar-refractivity contribution in [2.75, 3.05) is 39.6 Å². The van der Waals surface area contributed by atoms with Gasteiger partial charge in [0.25, 0.3) is 0 Å². The Balaban J connectivity index is 5.25. The van der Waals surface area contributed by atoms with Crippen LogP contribution < -0.4 is 0 Å². The molecule has 0 aromatic carbocycles. The van der Waals surface area contributed by atoms with Crippen molar-refractivity contribution in [3.63, 3.8) is 0 Å². The largest absolute Gasteiger partial charge is 0.472 e. The van der Waals surface area contributed by atoms with Gasteiger partial charge < -0.3 is 33.8 Å². The molecule has 3 N–H and O–H groups in total. The second-order valence-electron chi connectivity index (χ2n) is 25.8. The molecule has 0 bridgehead atoms. The van der Waals surface area contributed by atoms with Crippen LogP contribution in [0.4, 0.5) is 0 Å². The summed E-state index contributed by atoms with van der Waals surface area (Å²) in [5.41, 5.74) is 0. The third-order valence-electron chi connectivity index (χ3n) is 16.0. The highest BCUT2D eigenvalue weighted by Gasteiger charge is 2.30. The van der Waals surface area contributed by atoms with Crippen LogP contribution in [0.3, 0.4) is 0 Å². The number of phosphoric acid groups is 2. The average Bonchev–Trinajstić information content (AvgIpc) is 3.69. The van der Waals surface area contributed by atoms with Crippen LogP contribution in [0.25, 0.3) is 0 Å². The van der Waals surface area contributed by atoms with E-state index in [1.807, 2.05) is 0 Å². The number of rotatable bonds is 66. The zero-order valence-electron chi connectivity index (χ0n) is 56.5. The number of carbonyl (C=O) groups is 4. The van der Waals surface area contributed by atoms with Gasteiger partial charge in [-0.1, -0.05) is 286 Å². The Morgan fingerprint density at radius 1 is 0.333 bits per heavy atom. The molecule has 3 unspecified atom stereocenters. The monoisotopic (exact) mass is 1280 g/mol. The van der Waals surface area contributed by atoms with Crippen LogP contribution in [0.5, 0.6) is 0 Å². The molecule has 0 saturated heterocycles. The Kier molecular flexibility index (Phi) is 57.8. The van der Waals surface area contributed by atoms with E-state index in [-0.39, 0.29) is 25.7 Å². The average molecular weight is 1280 g/mol. The van der Waals surface area contributed by atoms with E-state index >= 15 is 0 Å². The van der Waals surface area contributed by atoms with Gasteiger partial charge in [0.2, 0.25) is 0 Å². The second-order valence-corrected chi connectivity index (χ2v) is 28.7. The van der Waals surface area contributed by atoms with E-state index in [9.17, 15) is 43.2 Å². The smallest absolute Gasteiger partial charge is 0.462 e. The maximum Gasteiger partial charge on any atom is 0.472 e. The zero-order valence-corrected chi connectivity index (χ0v) is 58.3. The normalized spacial score (nSPS) is 14.6. The fraction of sp³-hybridized carbons (Fsp3) is 0.941. The number of hydrogen-bond acceptors (Lipinski definition) is 15. The number of unbranched alkanes of at least 4 members (excludes halogenated alkanes) is 33. The molecule has 0 fully saturated rings. The molecule has 516 valence electrons. The summed E-state index contributed by atoms with van der Waals surface area (Å²) in [6.45, 7) is 11.7. The van der Waals surface area contributed by atoms with E-state index in [1.165, 1.54) is 141 Å². The first-order valence-corrected chi connectivity index (χ1v) is 38.4. The number of aliphatic hydroxyl groups is 1. The topological polar surface area (TPSA) is 237 Å². The molecular formula is C68H132O17P2. The fourth-order valence-corrected chi connectivity index (χ4v) is 11.7. The number of esters is 4. The van der Waals surface area contributed by atoms with Crippen LogP contribution in [0.2, 0.25) is 0 Å². The molecule has 0 amide bonds. The SMILES string of the molecule is CCCCCCCCCCCCCCCC(=O)OC[C@H](COP(=O)(O)OC[C@@H](O)COP(=O)(O)OC[C@@H](COC(=O)CCCCCCCCC(C)CC)OC(=O)CCCCCCCCCC(C)C)OC(=O)CCCCCCCCCCCCCC(C)C. The lowest BCUT2D eigenvalue weighted by atomic mass is 10.00. The Labute approximate surface area is 530 Å². The lowest BCUT2D eigenvalue weighted by Crippen LogP contribution is -2.30. The Hall–Kier alpha value is -1.94. The van der Waals surface area contributed by atoms with Gasteiger partial charge in [-0.15, -0.1) is 0 Å². The third-order valence-corrected chi connectivity index (χ3v) is 17.9. The van der Waals surface area contributed by atoms with Crippen LogP contribution in [-0.4, -0.2) is 96.7 Å². The quantitative estimate of drug-likeness (QED) is 0.0222. The maximum atomic E-state index is 13.0. The van der Waals surface area contributed by atoms with Crippen LogP contribution in [0.1, 0.15) is 337 Å². The molecule has 0 aliphatic heterocycles. The van der Waals surface area contributed by atoms with Gasteiger partial charge in [-0.25, -0.2) is 9.13 Å². The summed E-state index contributed by atoms with van der Waals surface area (Å²) in [7, 11) is -9.90. The summed E-state index contributed by atoms with van der Waals surface area (Å²) in [6.07, 6.45) is 41.7. The lowest BCUT2D eigenvalue weighted by molar-refractivity contribution is -0.161. The predicted octanol–water partition coefficient (Wildman–Crippen LogP) is 19.1. The number of ether oxygens (including phenoxy) is 4. The van der Waals surface area contributed by atoms with E-state index in [4.69, 9.17) is 37.0 Å². The molecule has 0 heterocycles. The van der Waals surface area contributed by atoms with Crippen molar-refractivity contribution in [1.82, 2.24) is 0 Å². The highest BCUT2D eigenvalue weighted by Crippen LogP contribution is 2.45. The Morgan fingerprint density at radius 3 is 0.874 bits per heavy atom. The van der Waals surface area contributed by atoms with Gasteiger partial charge in [0.1, 0.15) is 19.3 Å². The summed E-state index contributed by atoms with van der Waals surface area (Å²) in [4.78, 5) is 72.4. The first kappa shape index (κ1) is 85.1. The minimum atomic E-state index is -4.95. The molecule has 87 heavy (non-hydrogen) atoms. The molecule has 0 aliphatic carbocycles. The van der Waals surface area contributed by atoms with Crippen molar-refractivity contribution >= 4 is 39.5 Å². The first-order valence-electron chi connectivity index (χ1n) is 35.4. The predicted molar refractivity (Wildman–Crippen MR) is 349 cm³/mol. The highest BCUT2D eigenvalue weighted by molar-refractivity contribution is 7.47. The van der Waals surface area contributed by atoms with Gasteiger partial charge in [0, 0.05) is 25.7 Å². The van der Waals surface area contributed by atoms with Crippen LogP contribution in [0.15, 0.2) is 0 Å². The van der Waals surface area contributed by atoms with Crippen molar-refractivity contribution in [2.45, 2.75) is 356 Å². The van der Waals surface area contributed by atoms with E-state index in [0.29, 0.717) is 31.6 Å². The molecule has 0 aromatic rings. The van der Waals surface area contributed by atoms with Gasteiger partial charge in [0.05, 0.1) is 26.4 Å². The fourth-order valence-electron chi connectivity index (χ4n) is 10.2. The van der Waals surface area contributed by atoms with Crippen LogP contribution in [-0.2, 0) is 65.4 Å².